The van der Waals surface area contributed by atoms with E-state index in [1.54, 1.807) is 53.8 Å². The number of furan rings is 2. The maximum absolute atomic E-state index is 13.6. The molecule has 0 aliphatic carbocycles. The predicted molar refractivity (Wildman–Crippen MR) is 127 cm³/mol. The van der Waals surface area contributed by atoms with E-state index in [1.165, 1.54) is 16.4 Å². The number of para-hydroxylation sites is 1. The highest BCUT2D eigenvalue weighted by Crippen LogP contribution is 2.32. The summed E-state index contributed by atoms with van der Waals surface area (Å²) in [4.78, 5) is 15.1. The number of carbonyl (C=O) groups excluding carboxylic acids is 1. The van der Waals surface area contributed by atoms with E-state index in [2.05, 4.69) is 0 Å². The van der Waals surface area contributed by atoms with Gasteiger partial charge in [0.2, 0.25) is 0 Å². The summed E-state index contributed by atoms with van der Waals surface area (Å²) in [6, 6.07) is 20.9. The molecule has 0 atom stereocenters. The van der Waals surface area contributed by atoms with Crippen LogP contribution in [0.15, 0.2) is 99.1 Å². The Bertz CT molecular complexity index is 1340. The SMILES string of the molecule is O=C(c1cccc(S(=O)(=O)N2CCCc3ccccc32)c1)N(Cc1ccco1)Cc1ccco1. The topological polar surface area (TPSA) is 84.0 Å². The monoisotopic (exact) mass is 476 g/mol. The lowest BCUT2D eigenvalue weighted by molar-refractivity contribution is 0.0704. The van der Waals surface area contributed by atoms with Crippen molar-refractivity contribution in [1.82, 2.24) is 4.90 Å². The van der Waals surface area contributed by atoms with Gasteiger partial charge in [-0.05, 0) is 66.9 Å². The molecule has 3 heterocycles. The third-order valence-corrected chi connectivity index (χ3v) is 7.69. The van der Waals surface area contributed by atoms with Crippen molar-refractivity contribution in [1.29, 1.82) is 0 Å². The number of sulfonamides is 1. The van der Waals surface area contributed by atoms with Crippen molar-refractivity contribution in [2.75, 3.05) is 10.8 Å². The molecule has 0 radical (unpaired) electrons. The minimum Gasteiger partial charge on any atom is -0.467 e. The van der Waals surface area contributed by atoms with Crippen molar-refractivity contribution in [2.24, 2.45) is 0 Å². The van der Waals surface area contributed by atoms with Crippen LogP contribution in [0.2, 0.25) is 0 Å². The first kappa shape index (κ1) is 22.0. The van der Waals surface area contributed by atoms with E-state index in [0.29, 0.717) is 23.8 Å². The van der Waals surface area contributed by atoms with Crippen LogP contribution in [0.4, 0.5) is 5.69 Å². The number of carbonyl (C=O) groups is 1. The Morgan fingerprint density at radius 1 is 0.882 bits per heavy atom. The standard InChI is InChI=1S/C26H24N2O5S/c29-26(27(18-22-10-5-15-32-22)19-23-11-6-16-33-23)21-8-3-12-24(17-21)34(30,31)28-14-4-9-20-7-1-2-13-25(20)28/h1-3,5-8,10-13,15-17H,4,9,14,18-19H2. The molecule has 4 aromatic rings. The number of nitrogens with zero attached hydrogens (tertiary/aromatic N) is 2. The van der Waals surface area contributed by atoms with E-state index < -0.39 is 10.0 Å². The molecule has 0 unspecified atom stereocenters. The number of rotatable bonds is 7. The number of anilines is 1. The zero-order valence-corrected chi connectivity index (χ0v) is 19.3. The highest BCUT2D eigenvalue weighted by Gasteiger charge is 2.30. The molecule has 34 heavy (non-hydrogen) atoms. The van der Waals surface area contributed by atoms with Gasteiger partial charge in [0.15, 0.2) is 0 Å². The molecule has 1 aliphatic rings. The lowest BCUT2D eigenvalue weighted by atomic mass is 10.0. The molecule has 0 saturated carbocycles. The molecule has 5 rings (SSSR count). The largest absolute Gasteiger partial charge is 0.467 e. The van der Waals surface area contributed by atoms with E-state index in [-0.39, 0.29) is 29.5 Å². The summed E-state index contributed by atoms with van der Waals surface area (Å²) in [6.07, 6.45) is 4.69. The first-order chi connectivity index (χ1) is 16.5. The van der Waals surface area contributed by atoms with Gasteiger partial charge in [0.25, 0.3) is 15.9 Å². The number of aryl methyl sites for hydroxylation is 1. The minimum atomic E-state index is -3.83. The van der Waals surface area contributed by atoms with E-state index in [0.717, 1.165) is 18.4 Å². The summed E-state index contributed by atoms with van der Waals surface area (Å²) in [5.74, 6) is 0.922. The fourth-order valence-electron chi connectivity index (χ4n) is 4.23. The second-order valence-electron chi connectivity index (χ2n) is 8.16. The molecular formula is C26H24N2O5S. The summed E-state index contributed by atoms with van der Waals surface area (Å²) < 4.78 is 39.5. The van der Waals surface area contributed by atoms with Gasteiger partial charge in [-0.1, -0.05) is 24.3 Å². The van der Waals surface area contributed by atoms with Gasteiger partial charge in [0.1, 0.15) is 11.5 Å². The summed E-state index contributed by atoms with van der Waals surface area (Å²) in [5.41, 5.74) is 1.99. The Morgan fingerprint density at radius 3 is 2.26 bits per heavy atom. The van der Waals surface area contributed by atoms with Crippen LogP contribution in [-0.4, -0.2) is 25.8 Å². The third-order valence-electron chi connectivity index (χ3n) is 5.88. The van der Waals surface area contributed by atoms with Gasteiger partial charge in [0.05, 0.1) is 36.2 Å². The van der Waals surface area contributed by atoms with Crippen LogP contribution in [0.1, 0.15) is 33.9 Å². The van der Waals surface area contributed by atoms with Crippen molar-refractivity contribution < 1.29 is 22.0 Å². The van der Waals surface area contributed by atoms with Gasteiger partial charge in [-0.2, -0.15) is 0 Å². The summed E-state index contributed by atoms with van der Waals surface area (Å²) >= 11 is 0. The summed E-state index contributed by atoms with van der Waals surface area (Å²) in [5, 5.41) is 0. The van der Waals surface area contributed by atoms with Crippen molar-refractivity contribution in [3.63, 3.8) is 0 Å². The van der Waals surface area contributed by atoms with E-state index in [9.17, 15) is 13.2 Å². The van der Waals surface area contributed by atoms with Gasteiger partial charge in [-0.25, -0.2) is 8.42 Å². The molecule has 174 valence electrons. The fraction of sp³-hybridized carbons (Fsp3) is 0.192. The molecule has 0 spiro atoms. The number of hydrogen-bond acceptors (Lipinski definition) is 5. The maximum Gasteiger partial charge on any atom is 0.264 e. The number of amides is 1. The van der Waals surface area contributed by atoms with E-state index in [1.807, 2.05) is 24.3 Å². The third kappa shape index (κ3) is 4.36. The average molecular weight is 477 g/mol. The van der Waals surface area contributed by atoms with Crippen molar-refractivity contribution >= 4 is 21.6 Å². The van der Waals surface area contributed by atoms with Gasteiger partial charge in [-0.15, -0.1) is 0 Å². The van der Waals surface area contributed by atoms with Crippen LogP contribution in [0, 0.1) is 0 Å². The van der Waals surface area contributed by atoms with Gasteiger partial charge < -0.3 is 13.7 Å². The highest BCUT2D eigenvalue weighted by atomic mass is 32.2. The molecule has 2 aromatic heterocycles. The molecule has 0 bridgehead atoms. The first-order valence-corrected chi connectivity index (χ1v) is 12.5. The van der Waals surface area contributed by atoms with E-state index >= 15 is 0 Å². The Balaban J connectivity index is 1.46. The zero-order chi connectivity index (χ0) is 23.5. The Kier molecular flexibility index (Phi) is 5.98. The second-order valence-corrected chi connectivity index (χ2v) is 10.0. The molecule has 1 amide bonds. The highest BCUT2D eigenvalue weighted by molar-refractivity contribution is 7.92. The van der Waals surface area contributed by atoms with Gasteiger partial charge in [0, 0.05) is 12.1 Å². The molecule has 0 fully saturated rings. The molecule has 7 nitrogen and oxygen atoms in total. The predicted octanol–water partition coefficient (Wildman–Crippen LogP) is 4.86. The number of fused-ring (bicyclic) bond motifs is 1. The van der Waals surface area contributed by atoms with Crippen LogP contribution in [0.25, 0.3) is 0 Å². The normalized spacial score (nSPS) is 13.5. The van der Waals surface area contributed by atoms with Gasteiger partial charge in [-0.3, -0.25) is 9.10 Å². The quantitative estimate of drug-likeness (QED) is 0.380. The summed E-state index contributed by atoms with van der Waals surface area (Å²) in [7, 11) is -3.83. The molecule has 0 N–H and O–H groups in total. The molecule has 1 aliphatic heterocycles. The van der Waals surface area contributed by atoms with Crippen LogP contribution < -0.4 is 4.31 Å². The Hall–Kier alpha value is -3.78. The molecular weight excluding hydrogens is 452 g/mol. The molecule has 0 saturated heterocycles. The van der Waals surface area contributed by atoms with Crippen LogP contribution in [0.5, 0.6) is 0 Å². The van der Waals surface area contributed by atoms with Crippen LogP contribution in [-0.2, 0) is 29.5 Å². The number of benzene rings is 2. The van der Waals surface area contributed by atoms with Crippen molar-refractivity contribution in [2.45, 2.75) is 30.8 Å². The lowest BCUT2D eigenvalue weighted by Gasteiger charge is -2.30. The van der Waals surface area contributed by atoms with Crippen LogP contribution >= 0.6 is 0 Å². The smallest absolute Gasteiger partial charge is 0.264 e. The maximum atomic E-state index is 13.6. The lowest BCUT2D eigenvalue weighted by Crippen LogP contribution is -2.35. The van der Waals surface area contributed by atoms with Crippen molar-refractivity contribution in [3.05, 3.63) is 108 Å². The average Bonchev–Trinajstić information content (AvgIpc) is 3.57. The second kappa shape index (κ2) is 9.23. The minimum absolute atomic E-state index is 0.0889. The number of hydrogen-bond donors (Lipinski definition) is 0. The Morgan fingerprint density at radius 2 is 1.59 bits per heavy atom. The first-order valence-electron chi connectivity index (χ1n) is 11.1. The summed E-state index contributed by atoms with van der Waals surface area (Å²) in [6.45, 7) is 0.854. The fourth-order valence-corrected chi connectivity index (χ4v) is 5.82. The molecule has 2 aromatic carbocycles. The van der Waals surface area contributed by atoms with Crippen molar-refractivity contribution in [3.8, 4) is 0 Å². The van der Waals surface area contributed by atoms with Gasteiger partial charge >= 0.3 is 0 Å². The van der Waals surface area contributed by atoms with E-state index in [4.69, 9.17) is 8.83 Å². The Labute approximate surface area is 198 Å². The molecule has 8 heteroatoms. The zero-order valence-electron chi connectivity index (χ0n) is 18.5. The van der Waals surface area contributed by atoms with Crippen LogP contribution in [0.3, 0.4) is 0 Å².